The van der Waals surface area contributed by atoms with E-state index in [9.17, 15) is 4.79 Å². The van der Waals surface area contributed by atoms with Gasteiger partial charge in [0.15, 0.2) is 0 Å². The molecule has 1 aliphatic heterocycles. The van der Waals surface area contributed by atoms with Gasteiger partial charge in [-0.15, -0.1) is 0 Å². The number of piperidine rings is 1. The molecule has 5 heteroatoms. The lowest BCUT2D eigenvalue weighted by Gasteiger charge is -2.30. The van der Waals surface area contributed by atoms with E-state index in [1.165, 1.54) is 0 Å². The molecule has 5 nitrogen and oxygen atoms in total. The summed E-state index contributed by atoms with van der Waals surface area (Å²) < 4.78 is 10.6. The van der Waals surface area contributed by atoms with Gasteiger partial charge < -0.3 is 20.1 Å². The first-order chi connectivity index (χ1) is 10.2. The third-order valence-corrected chi connectivity index (χ3v) is 3.75. The highest BCUT2D eigenvalue weighted by molar-refractivity contribution is 5.97. The third kappa shape index (κ3) is 4.44. The molecule has 2 N–H and O–H groups in total. The maximum absolute atomic E-state index is 12.5. The molecule has 0 bridgehead atoms. The average molecular weight is 292 g/mol. The third-order valence-electron chi connectivity index (χ3n) is 3.75. The van der Waals surface area contributed by atoms with Crippen LogP contribution in [0.4, 0.5) is 0 Å². The van der Waals surface area contributed by atoms with Crippen molar-refractivity contribution in [1.29, 1.82) is 0 Å². The second-order valence-electron chi connectivity index (χ2n) is 5.30. The van der Waals surface area contributed by atoms with E-state index < -0.39 is 0 Å². The summed E-state index contributed by atoms with van der Waals surface area (Å²) in [7, 11) is 1.62. The summed E-state index contributed by atoms with van der Waals surface area (Å²) in [6.07, 6.45) is 2.09. The Labute approximate surface area is 126 Å². The van der Waals surface area contributed by atoms with Gasteiger partial charge in [0.1, 0.15) is 12.4 Å². The molecule has 0 saturated carbocycles. The van der Waals surface area contributed by atoms with Gasteiger partial charge in [-0.3, -0.25) is 4.79 Å². The topological polar surface area (TPSA) is 59.6 Å². The van der Waals surface area contributed by atoms with Gasteiger partial charge in [0, 0.05) is 19.2 Å². The SMILES string of the molecule is COCCOc1ccccc1C(=O)NC1CCCNC1C. The molecular weight excluding hydrogens is 268 g/mol. The van der Waals surface area contributed by atoms with E-state index in [1.54, 1.807) is 13.2 Å². The molecule has 2 atom stereocenters. The van der Waals surface area contributed by atoms with Crippen LogP contribution in [0.5, 0.6) is 5.75 Å². The Morgan fingerprint density at radius 2 is 2.19 bits per heavy atom. The van der Waals surface area contributed by atoms with Crippen molar-refractivity contribution in [3.63, 3.8) is 0 Å². The molecule has 21 heavy (non-hydrogen) atoms. The van der Waals surface area contributed by atoms with Crippen molar-refractivity contribution in [2.45, 2.75) is 31.8 Å². The average Bonchev–Trinajstić information content (AvgIpc) is 2.50. The van der Waals surface area contributed by atoms with E-state index in [0.29, 0.717) is 30.6 Å². The van der Waals surface area contributed by atoms with Crippen LogP contribution < -0.4 is 15.4 Å². The molecule has 0 radical (unpaired) electrons. The van der Waals surface area contributed by atoms with Crippen LogP contribution in [0, 0.1) is 0 Å². The molecule has 2 unspecified atom stereocenters. The molecule has 2 rings (SSSR count). The molecule has 0 spiro atoms. The zero-order valence-electron chi connectivity index (χ0n) is 12.7. The number of amides is 1. The Morgan fingerprint density at radius 1 is 1.38 bits per heavy atom. The van der Waals surface area contributed by atoms with E-state index in [4.69, 9.17) is 9.47 Å². The fourth-order valence-electron chi connectivity index (χ4n) is 2.50. The molecule has 116 valence electrons. The van der Waals surface area contributed by atoms with Gasteiger partial charge in [0.05, 0.1) is 12.2 Å². The van der Waals surface area contributed by atoms with E-state index in [1.807, 2.05) is 18.2 Å². The minimum Gasteiger partial charge on any atom is -0.490 e. The molecule has 0 aromatic heterocycles. The lowest BCUT2D eigenvalue weighted by atomic mass is 9.99. The zero-order valence-corrected chi connectivity index (χ0v) is 12.7. The first-order valence-corrected chi connectivity index (χ1v) is 7.47. The van der Waals surface area contributed by atoms with E-state index in [-0.39, 0.29) is 11.9 Å². The zero-order chi connectivity index (χ0) is 15.1. The smallest absolute Gasteiger partial charge is 0.255 e. The summed E-state index contributed by atoms with van der Waals surface area (Å²) in [5, 5.41) is 6.49. The highest BCUT2D eigenvalue weighted by Crippen LogP contribution is 2.19. The maximum Gasteiger partial charge on any atom is 0.255 e. The van der Waals surface area contributed by atoms with Crippen LogP contribution in [0.2, 0.25) is 0 Å². The number of hydrogen-bond acceptors (Lipinski definition) is 4. The first kappa shape index (κ1) is 15.8. The van der Waals surface area contributed by atoms with Crippen LogP contribution in [0.25, 0.3) is 0 Å². The molecule has 1 fully saturated rings. The van der Waals surface area contributed by atoms with Crippen molar-refractivity contribution in [1.82, 2.24) is 10.6 Å². The molecule has 1 aromatic rings. The number of para-hydroxylation sites is 1. The van der Waals surface area contributed by atoms with Crippen molar-refractivity contribution in [2.75, 3.05) is 26.9 Å². The lowest BCUT2D eigenvalue weighted by Crippen LogP contribution is -2.51. The van der Waals surface area contributed by atoms with Gasteiger partial charge in [-0.25, -0.2) is 0 Å². The quantitative estimate of drug-likeness (QED) is 0.782. The molecular formula is C16H24N2O3. The molecule has 0 aliphatic carbocycles. The molecule has 1 saturated heterocycles. The molecule has 1 aliphatic rings. The highest BCUT2D eigenvalue weighted by Gasteiger charge is 2.23. The minimum atomic E-state index is -0.0800. The van der Waals surface area contributed by atoms with Gasteiger partial charge in [0.2, 0.25) is 0 Å². The number of rotatable bonds is 6. The van der Waals surface area contributed by atoms with Crippen LogP contribution in [0.15, 0.2) is 24.3 Å². The van der Waals surface area contributed by atoms with Crippen molar-refractivity contribution >= 4 is 5.91 Å². The number of carbonyl (C=O) groups excluding carboxylic acids is 1. The van der Waals surface area contributed by atoms with Crippen molar-refractivity contribution in [2.24, 2.45) is 0 Å². The molecule has 1 heterocycles. The Hall–Kier alpha value is -1.59. The predicted molar refractivity (Wildman–Crippen MR) is 81.8 cm³/mol. The normalized spacial score (nSPS) is 21.8. The van der Waals surface area contributed by atoms with Crippen molar-refractivity contribution in [3.8, 4) is 5.75 Å². The number of benzene rings is 1. The highest BCUT2D eigenvalue weighted by atomic mass is 16.5. The van der Waals surface area contributed by atoms with Gasteiger partial charge in [-0.05, 0) is 38.4 Å². The van der Waals surface area contributed by atoms with Crippen LogP contribution in [-0.4, -0.2) is 44.9 Å². The van der Waals surface area contributed by atoms with Crippen LogP contribution >= 0.6 is 0 Å². The van der Waals surface area contributed by atoms with Crippen molar-refractivity contribution < 1.29 is 14.3 Å². The summed E-state index contributed by atoms with van der Waals surface area (Å²) in [5.74, 6) is 0.520. The van der Waals surface area contributed by atoms with Gasteiger partial charge >= 0.3 is 0 Å². The summed E-state index contributed by atoms with van der Waals surface area (Å²) in [4.78, 5) is 12.5. The van der Waals surface area contributed by atoms with E-state index in [0.717, 1.165) is 19.4 Å². The Balaban J connectivity index is 2.00. The predicted octanol–water partition coefficient (Wildman–Crippen LogP) is 1.58. The summed E-state index contributed by atoms with van der Waals surface area (Å²) in [6, 6.07) is 7.78. The fraction of sp³-hybridized carbons (Fsp3) is 0.562. The largest absolute Gasteiger partial charge is 0.490 e. The number of methoxy groups -OCH3 is 1. The van der Waals surface area contributed by atoms with Gasteiger partial charge in [-0.2, -0.15) is 0 Å². The minimum absolute atomic E-state index is 0.0800. The second kappa shape index (κ2) is 8.00. The van der Waals surface area contributed by atoms with E-state index >= 15 is 0 Å². The Kier molecular flexibility index (Phi) is 6.02. The van der Waals surface area contributed by atoms with Gasteiger partial charge in [0.25, 0.3) is 5.91 Å². The van der Waals surface area contributed by atoms with Gasteiger partial charge in [-0.1, -0.05) is 12.1 Å². The number of ether oxygens (including phenoxy) is 2. The van der Waals surface area contributed by atoms with Crippen LogP contribution in [0.3, 0.4) is 0 Å². The number of carbonyl (C=O) groups is 1. The fourth-order valence-corrected chi connectivity index (χ4v) is 2.50. The summed E-state index contributed by atoms with van der Waals surface area (Å²) in [5.41, 5.74) is 0.575. The molecule has 1 amide bonds. The van der Waals surface area contributed by atoms with E-state index in [2.05, 4.69) is 17.6 Å². The lowest BCUT2D eigenvalue weighted by molar-refractivity contribution is 0.0912. The summed E-state index contributed by atoms with van der Waals surface area (Å²) >= 11 is 0. The Morgan fingerprint density at radius 3 is 2.95 bits per heavy atom. The molecule has 1 aromatic carbocycles. The standard InChI is InChI=1S/C16H24N2O3/c1-12-14(7-5-9-17-12)18-16(19)13-6-3-4-8-15(13)21-11-10-20-2/h3-4,6,8,12,14,17H,5,7,9-11H2,1-2H3,(H,18,19). The maximum atomic E-state index is 12.5. The second-order valence-corrected chi connectivity index (χ2v) is 5.30. The first-order valence-electron chi connectivity index (χ1n) is 7.47. The van der Waals surface area contributed by atoms with Crippen LogP contribution in [-0.2, 0) is 4.74 Å². The van der Waals surface area contributed by atoms with Crippen LogP contribution in [0.1, 0.15) is 30.1 Å². The number of hydrogen-bond donors (Lipinski definition) is 2. The van der Waals surface area contributed by atoms with Crippen molar-refractivity contribution in [3.05, 3.63) is 29.8 Å². The summed E-state index contributed by atoms with van der Waals surface area (Å²) in [6.45, 7) is 4.05. The monoisotopic (exact) mass is 292 g/mol. The number of nitrogens with one attached hydrogen (secondary N) is 2. The Bertz CT molecular complexity index is 465.